The molecule has 1 amide bonds. The maximum atomic E-state index is 12.9. The van der Waals surface area contributed by atoms with Gasteiger partial charge in [-0.05, 0) is 44.5 Å². The monoisotopic (exact) mass is 518 g/mol. The molecule has 10 heteroatoms. The molecule has 0 bridgehead atoms. The average molecular weight is 519 g/mol. The summed E-state index contributed by atoms with van der Waals surface area (Å²) in [5.74, 6) is 1.95. The van der Waals surface area contributed by atoms with Gasteiger partial charge in [-0.2, -0.15) is 4.68 Å². The molecule has 8 nitrogen and oxygen atoms in total. The Labute approximate surface area is 217 Å². The number of ether oxygens (including phenoxy) is 1. The Kier molecular flexibility index (Phi) is 7.21. The Hall–Kier alpha value is -1.94. The maximum Gasteiger partial charge on any atom is 0.344 e. The van der Waals surface area contributed by atoms with E-state index < -0.39 is 0 Å². The van der Waals surface area contributed by atoms with Crippen molar-refractivity contribution in [2.24, 2.45) is 11.8 Å². The highest BCUT2D eigenvalue weighted by atomic mass is 35.5. The molecule has 3 aliphatic heterocycles. The van der Waals surface area contributed by atoms with E-state index in [0.717, 1.165) is 50.7 Å². The number of piperidine rings is 1. The van der Waals surface area contributed by atoms with Gasteiger partial charge in [-0.15, -0.1) is 5.10 Å². The predicted molar refractivity (Wildman–Crippen MR) is 142 cm³/mol. The van der Waals surface area contributed by atoms with E-state index in [9.17, 15) is 4.79 Å². The van der Waals surface area contributed by atoms with Gasteiger partial charge in [0, 0.05) is 79.3 Å². The molecule has 2 aromatic rings. The molecule has 3 saturated heterocycles. The molecular formula is C25H35ClN6O2S. The van der Waals surface area contributed by atoms with Crippen LogP contribution in [0.5, 0.6) is 0 Å². The molecule has 1 aromatic heterocycles. The summed E-state index contributed by atoms with van der Waals surface area (Å²) in [6.07, 6.45) is 5.49. The summed E-state index contributed by atoms with van der Waals surface area (Å²) >= 11 is 7.89. The zero-order chi connectivity index (χ0) is 24.6. The van der Waals surface area contributed by atoms with Crippen LogP contribution in [-0.4, -0.2) is 83.8 Å². The molecule has 3 aliphatic rings. The fourth-order valence-corrected chi connectivity index (χ4v) is 6.08. The van der Waals surface area contributed by atoms with Crippen molar-refractivity contribution >= 4 is 41.1 Å². The number of benzene rings is 1. The van der Waals surface area contributed by atoms with Crippen LogP contribution in [-0.2, 0) is 11.3 Å². The first kappa shape index (κ1) is 24.7. The van der Waals surface area contributed by atoms with Gasteiger partial charge in [-0.3, -0.25) is 4.90 Å². The molecule has 1 N–H and O–H groups in total. The second kappa shape index (κ2) is 10.2. The lowest BCUT2D eigenvalue weighted by molar-refractivity contribution is 0.0586. The number of carbonyl (C=O) groups is 1. The zero-order valence-corrected chi connectivity index (χ0v) is 22.3. The van der Waals surface area contributed by atoms with Gasteiger partial charge < -0.3 is 19.3 Å². The standard InChI is InChI=1S/C25H35ClN6O2S/c1-25(7-10-30(11-8-25)24(33)32-9-6-23(27-32)28-35-3)29(2)13-18-4-5-21(26)12-22(18)31-14-19-16-34-17-20(19)15-31/h4-6,9,12,19-20H,7-8,10-11,13-17H2,1-3H3,(H,27,28). The number of rotatable bonds is 6. The first-order valence-corrected chi connectivity index (χ1v) is 13.9. The number of anilines is 2. The van der Waals surface area contributed by atoms with Gasteiger partial charge in [0.05, 0.1) is 13.2 Å². The first-order valence-electron chi connectivity index (χ1n) is 12.3. The van der Waals surface area contributed by atoms with Crippen LogP contribution in [0.1, 0.15) is 25.3 Å². The molecule has 2 unspecified atom stereocenters. The smallest absolute Gasteiger partial charge is 0.344 e. The topological polar surface area (TPSA) is 65.9 Å². The minimum Gasteiger partial charge on any atom is -0.381 e. The number of hydrogen-bond acceptors (Lipinski definition) is 7. The van der Waals surface area contributed by atoms with Crippen molar-refractivity contribution in [3.05, 3.63) is 41.0 Å². The quantitative estimate of drug-likeness (QED) is 0.573. The van der Waals surface area contributed by atoms with Crippen molar-refractivity contribution in [1.29, 1.82) is 0 Å². The van der Waals surface area contributed by atoms with Crippen molar-refractivity contribution in [2.45, 2.75) is 31.8 Å². The number of carbonyl (C=O) groups excluding carboxylic acids is 1. The van der Waals surface area contributed by atoms with Crippen LogP contribution in [0.25, 0.3) is 0 Å². The average Bonchev–Trinajstić information content (AvgIpc) is 3.57. The van der Waals surface area contributed by atoms with Crippen molar-refractivity contribution in [2.75, 3.05) is 62.3 Å². The molecule has 4 heterocycles. The van der Waals surface area contributed by atoms with Gasteiger partial charge in [0.1, 0.15) is 0 Å². The van der Waals surface area contributed by atoms with Gasteiger partial charge in [-0.1, -0.05) is 29.6 Å². The van der Waals surface area contributed by atoms with Gasteiger partial charge in [0.2, 0.25) is 0 Å². The van der Waals surface area contributed by atoms with E-state index in [2.05, 4.69) is 45.7 Å². The summed E-state index contributed by atoms with van der Waals surface area (Å²) in [6, 6.07) is 8.06. The lowest BCUT2D eigenvalue weighted by atomic mass is 9.87. The van der Waals surface area contributed by atoms with E-state index in [0.29, 0.717) is 30.7 Å². The molecule has 0 radical (unpaired) electrons. The molecule has 2 atom stereocenters. The van der Waals surface area contributed by atoms with Crippen LogP contribution in [0.4, 0.5) is 16.3 Å². The number of fused-ring (bicyclic) bond motifs is 1. The number of hydrogen-bond donors (Lipinski definition) is 1. The van der Waals surface area contributed by atoms with E-state index in [1.165, 1.54) is 27.9 Å². The van der Waals surface area contributed by atoms with E-state index in [4.69, 9.17) is 16.3 Å². The van der Waals surface area contributed by atoms with E-state index in [1.54, 1.807) is 6.20 Å². The van der Waals surface area contributed by atoms with Crippen LogP contribution in [0.3, 0.4) is 0 Å². The number of nitrogens with zero attached hydrogens (tertiary/aromatic N) is 5. The normalized spacial score (nSPS) is 23.7. The molecule has 0 aliphatic carbocycles. The summed E-state index contributed by atoms with van der Waals surface area (Å²) < 4.78 is 10.2. The molecular weight excluding hydrogens is 484 g/mol. The summed E-state index contributed by atoms with van der Waals surface area (Å²) in [5, 5.41) is 5.12. The zero-order valence-electron chi connectivity index (χ0n) is 20.7. The highest BCUT2D eigenvalue weighted by Crippen LogP contribution is 2.37. The Balaban J connectivity index is 1.23. The van der Waals surface area contributed by atoms with E-state index in [-0.39, 0.29) is 11.6 Å². The Morgan fingerprint density at radius 2 is 1.97 bits per heavy atom. The highest BCUT2D eigenvalue weighted by molar-refractivity contribution is 7.99. The predicted octanol–water partition coefficient (Wildman–Crippen LogP) is 4.26. The van der Waals surface area contributed by atoms with Gasteiger partial charge >= 0.3 is 6.03 Å². The fourth-order valence-electron chi connectivity index (χ4n) is 5.59. The number of amides is 1. The Morgan fingerprint density at radius 1 is 1.26 bits per heavy atom. The SMILES string of the molecule is CSNc1ccn(C(=O)N2CCC(C)(N(C)Cc3ccc(Cl)cc3N3CC4COCC4C3)CC2)n1. The molecule has 35 heavy (non-hydrogen) atoms. The Morgan fingerprint density at radius 3 is 2.66 bits per heavy atom. The second-order valence-electron chi connectivity index (χ2n) is 10.3. The maximum absolute atomic E-state index is 12.9. The summed E-state index contributed by atoms with van der Waals surface area (Å²) in [6.45, 7) is 8.42. The van der Waals surface area contributed by atoms with Crippen molar-refractivity contribution in [3.8, 4) is 0 Å². The fraction of sp³-hybridized carbons (Fsp3) is 0.600. The van der Waals surface area contributed by atoms with Crippen LogP contribution >= 0.6 is 23.5 Å². The van der Waals surface area contributed by atoms with Gasteiger partial charge in [-0.25, -0.2) is 4.79 Å². The van der Waals surface area contributed by atoms with Crippen LogP contribution in [0.15, 0.2) is 30.5 Å². The molecule has 3 fully saturated rings. The minimum absolute atomic E-state index is 0.0126. The third-order valence-electron chi connectivity index (χ3n) is 8.06. The first-order chi connectivity index (χ1) is 16.9. The number of likely N-dealkylation sites (tertiary alicyclic amines) is 1. The molecule has 190 valence electrons. The van der Waals surface area contributed by atoms with E-state index in [1.807, 2.05) is 23.3 Å². The van der Waals surface area contributed by atoms with Crippen molar-refractivity contribution < 1.29 is 9.53 Å². The number of halogens is 1. The number of nitrogens with one attached hydrogen (secondary N) is 1. The number of aromatic nitrogens is 2. The third-order valence-corrected chi connectivity index (χ3v) is 8.71. The highest BCUT2D eigenvalue weighted by Gasteiger charge is 2.39. The minimum atomic E-state index is -0.0626. The van der Waals surface area contributed by atoms with E-state index >= 15 is 0 Å². The summed E-state index contributed by atoms with van der Waals surface area (Å²) in [4.78, 5) is 19.8. The summed E-state index contributed by atoms with van der Waals surface area (Å²) in [7, 11) is 2.20. The van der Waals surface area contributed by atoms with Crippen LogP contribution in [0, 0.1) is 11.8 Å². The lowest BCUT2D eigenvalue weighted by Crippen LogP contribution is -2.53. The van der Waals surface area contributed by atoms with Crippen molar-refractivity contribution in [3.63, 3.8) is 0 Å². The molecule has 5 rings (SSSR count). The van der Waals surface area contributed by atoms with Crippen molar-refractivity contribution in [1.82, 2.24) is 19.6 Å². The second-order valence-corrected chi connectivity index (χ2v) is 11.4. The molecule has 0 spiro atoms. The van der Waals surface area contributed by atoms with Gasteiger partial charge in [0.25, 0.3) is 0 Å². The van der Waals surface area contributed by atoms with Gasteiger partial charge in [0.15, 0.2) is 5.82 Å². The Bertz CT molecular complexity index is 1040. The lowest BCUT2D eigenvalue weighted by Gasteiger charge is -2.45. The third kappa shape index (κ3) is 5.14. The molecule has 1 aromatic carbocycles. The largest absolute Gasteiger partial charge is 0.381 e. The molecule has 0 saturated carbocycles. The van der Waals surface area contributed by atoms with Crippen LogP contribution in [0.2, 0.25) is 5.02 Å². The summed E-state index contributed by atoms with van der Waals surface area (Å²) in [5.41, 5.74) is 2.57. The van der Waals surface area contributed by atoms with Crippen LogP contribution < -0.4 is 9.62 Å².